The molecule has 1 N–H and O–H groups in total. The van der Waals surface area contributed by atoms with Gasteiger partial charge in [0, 0.05) is 29.7 Å². The van der Waals surface area contributed by atoms with Crippen LogP contribution in [0.4, 0.5) is 0 Å². The van der Waals surface area contributed by atoms with E-state index in [2.05, 4.69) is 27.5 Å². The Kier molecular flexibility index (Phi) is 3.45. The van der Waals surface area contributed by atoms with Crippen LogP contribution >= 0.6 is 11.3 Å². The van der Waals surface area contributed by atoms with Crippen molar-refractivity contribution in [3.8, 4) is 0 Å². The van der Waals surface area contributed by atoms with Gasteiger partial charge in [-0.2, -0.15) is 0 Å². The minimum Gasteiger partial charge on any atom is -0.312 e. The van der Waals surface area contributed by atoms with E-state index in [1.165, 1.54) is 43.8 Å². The van der Waals surface area contributed by atoms with Crippen molar-refractivity contribution in [1.82, 2.24) is 15.2 Å². The molecule has 1 aliphatic heterocycles. The van der Waals surface area contributed by atoms with E-state index in [0.29, 0.717) is 0 Å². The molecule has 1 aliphatic carbocycles. The molecule has 3 rings (SSSR count). The Bertz CT molecular complexity index is 372. The Balaban J connectivity index is 1.53. The zero-order valence-electron chi connectivity index (χ0n) is 10.5. The first kappa shape index (κ1) is 11.6. The second-order valence-electron chi connectivity index (χ2n) is 5.33. The number of hydrogen-bond donors (Lipinski definition) is 1. The molecule has 3 nitrogen and oxygen atoms in total. The topological polar surface area (TPSA) is 28.2 Å². The molecule has 1 saturated heterocycles. The number of hydrogen-bond acceptors (Lipinski definition) is 4. The fourth-order valence-corrected chi connectivity index (χ4v) is 3.37. The van der Waals surface area contributed by atoms with Crippen LogP contribution in [0.2, 0.25) is 0 Å². The predicted molar refractivity (Wildman–Crippen MR) is 71.3 cm³/mol. The van der Waals surface area contributed by atoms with E-state index in [1.54, 1.807) is 11.3 Å². The fourth-order valence-electron chi connectivity index (χ4n) is 2.57. The summed E-state index contributed by atoms with van der Waals surface area (Å²) in [5, 5.41) is 7.09. The van der Waals surface area contributed by atoms with Gasteiger partial charge in [0.05, 0.1) is 6.54 Å². The Morgan fingerprint density at radius 3 is 3.06 bits per heavy atom. The van der Waals surface area contributed by atoms with E-state index in [9.17, 15) is 0 Å². The van der Waals surface area contributed by atoms with Crippen LogP contribution in [0.1, 0.15) is 36.4 Å². The summed E-state index contributed by atoms with van der Waals surface area (Å²) in [6, 6.07) is 1.57. The first-order valence-electron chi connectivity index (χ1n) is 6.70. The third kappa shape index (κ3) is 3.06. The first-order chi connectivity index (χ1) is 8.31. The lowest BCUT2D eigenvalue weighted by Crippen LogP contribution is -2.38. The van der Waals surface area contributed by atoms with Gasteiger partial charge in [0.15, 0.2) is 0 Å². The number of rotatable bonds is 5. The lowest BCUT2D eigenvalue weighted by molar-refractivity contribution is 0.238. The van der Waals surface area contributed by atoms with Gasteiger partial charge >= 0.3 is 0 Å². The minimum absolute atomic E-state index is 0.736. The van der Waals surface area contributed by atoms with E-state index in [4.69, 9.17) is 0 Å². The van der Waals surface area contributed by atoms with Crippen molar-refractivity contribution in [2.24, 2.45) is 0 Å². The van der Waals surface area contributed by atoms with Crippen LogP contribution in [-0.4, -0.2) is 35.1 Å². The van der Waals surface area contributed by atoms with Gasteiger partial charge in [0.1, 0.15) is 5.01 Å². The Hall–Kier alpha value is -0.450. The quantitative estimate of drug-likeness (QED) is 0.869. The van der Waals surface area contributed by atoms with Gasteiger partial charge in [-0.25, -0.2) is 4.98 Å². The zero-order chi connectivity index (χ0) is 11.7. The van der Waals surface area contributed by atoms with Crippen LogP contribution in [0, 0.1) is 6.92 Å². The highest BCUT2D eigenvalue weighted by Crippen LogP contribution is 2.23. The van der Waals surface area contributed by atoms with Crippen molar-refractivity contribution in [3.05, 3.63) is 16.1 Å². The molecule has 94 valence electrons. The SMILES string of the molecule is Cc1csc(CN2CCCC2CNC2CC2)n1. The van der Waals surface area contributed by atoms with E-state index in [1.807, 2.05) is 0 Å². The normalized spacial score (nSPS) is 25.6. The van der Waals surface area contributed by atoms with Crippen molar-refractivity contribution >= 4 is 11.3 Å². The summed E-state index contributed by atoms with van der Waals surface area (Å²) >= 11 is 1.80. The summed E-state index contributed by atoms with van der Waals surface area (Å²) in [6.45, 7) is 5.55. The Labute approximate surface area is 107 Å². The molecule has 0 radical (unpaired) electrons. The highest BCUT2D eigenvalue weighted by molar-refractivity contribution is 7.09. The fraction of sp³-hybridized carbons (Fsp3) is 0.769. The molecule has 1 aromatic heterocycles. The first-order valence-corrected chi connectivity index (χ1v) is 7.57. The van der Waals surface area contributed by atoms with Gasteiger partial charge in [-0.3, -0.25) is 4.90 Å². The van der Waals surface area contributed by atoms with Crippen molar-refractivity contribution in [2.75, 3.05) is 13.1 Å². The second kappa shape index (κ2) is 5.04. The standard InChI is InChI=1S/C13H21N3S/c1-10-9-17-13(15-10)8-16-6-2-3-12(16)7-14-11-4-5-11/h9,11-12,14H,2-8H2,1H3. The van der Waals surface area contributed by atoms with Gasteiger partial charge in [-0.1, -0.05) is 0 Å². The van der Waals surface area contributed by atoms with Gasteiger partial charge in [-0.05, 0) is 39.2 Å². The molecule has 0 spiro atoms. The third-order valence-electron chi connectivity index (χ3n) is 3.72. The maximum Gasteiger partial charge on any atom is 0.107 e. The molecule has 17 heavy (non-hydrogen) atoms. The summed E-state index contributed by atoms with van der Waals surface area (Å²) in [4.78, 5) is 7.18. The van der Waals surface area contributed by atoms with Crippen molar-refractivity contribution in [2.45, 2.75) is 51.2 Å². The molecule has 1 unspecified atom stereocenters. The zero-order valence-corrected chi connectivity index (χ0v) is 11.3. The minimum atomic E-state index is 0.736. The number of nitrogens with zero attached hydrogens (tertiary/aromatic N) is 2. The van der Waals surface area contributed by atoms with Crippen LogP contribution in [0.5, 0.6) is 0 Å². The van der Waals surface area contributed by atoms with Gasteiger partial charge in [0.2, 0.25) is 0 Å². The summed E-state index contributed by atoms with van der Waals surface area (Å²) in [5.41, 5.74) is 1.16. The lowest BCUT2D eigenvalue weighted by Gasteiger charge is -2.23. The summed E-state index contributed by atoms with van der Waals surface area (Å²) in [7, 11) is 0. The van der Waals surface area contributed by atoms with Crippen molar-refractivity contribution in [3.63, 3.8) is 0 Å². The highest BCUT2D eigenvalue weighted by Gasteiger charge is 2.28. The maximum absolute atomic E-state index is 4.57. The summed E-state index contributed by atoms with van der Waals surface area (Å²) in [6.07, 6.45) is 5.47. The molecule has 2 aliphatic rings. The number of aryl methyl sites for hydroxylation is 1. The summed E-state index contributed by atoms with van der Waals surface area (Å²) in [5.74, 6) is 0. The molecular weight excluding hydrogens is 230 g/mol. The largest absolute Gasteiger partial charge is 0.312 e. The van der Waals surface area contributed by atoms with E-state index in [0.717, 1.165) is 24.3 Å². The maximum atomic E-state index is 4.57. The molecule has 1 atom stereocenters. The number of aromatic nitrogens is 1. The summed E-state index contributed by atoms with van der Waals surface area (Å²) < 4.78 is 0. The molecule has 0 aromatic carbocycles. The molecule has 0 bridgehead atoms. The third-order valence-corrected chi connectivity index (χ3v) is 4.67. The second-order valence-corrected chi connectivity index (χ2v) is 6.27. The van der Waals surface area contributed by atoms with Crippen molar-refractivity contribution < 1.29 is 0 Å². The molecule has 2 heterocycles. The van der Waals surface area contributed by atoms with Gasteiger partial charge in [-0.15, -0.1) is 11.3 Å². The van der Waals surface area contributed by atoms with E-state index >= 15 is 0 Å². The monoisotopic (exact) mass is 251 g/mol. The van der Waals surface area contributed by atoms with E-state index in [-0.39, 0.29) is 0 Å². The molecule has 4 heteroatoms. The number of likely N-dealkylation sites (tertiary alicyclic amines) is 1. The molecule has 0 amide bonds. The molecule has 1 saturated carbocycles. The van der Waals surface area contributed by atoms with Crippen LogP contribution < -0.4 is 5.32 Å². The van der Waals surface area contributed by atoms with Crippen LogP contribution in [0.25, 0.3) is 0 Å². The van der Waals surface area contributed by atoms with Crippen LogP contribution in [0.3, 0.4) is 0 Å². The van der Waals surface area contributed by atoms with Crippen LogP contribution in [0.15, 0.2) is 5.38 Å². The van der Waals surface area contributed by atoms with Gasteiger partial charge < -0.3 is 5.32 Å². The highest BCUT2D eigenvalue weighted by atomic mass is 32.1. The van der Waals surface area contributed by atoms with Gasteiger partial charge in [0.25, 0.3) is 0 Å². The van der Waals surface area contributed by atoms with E-state index < -0.39 is 0 Å². The van der Waals surface area contributed by atoms with Crippen molar-refractivity contribution in [1.29, 1.82) is 0 Å². The lowest BCUT2D eigenvalue weighted by atomic mass is 10.2. The smallest absolute Gasteiger partial charge is 0.107 e. The predicted octanol–water partition coefficient (Wildman–Crippen LogP) is 2.17. The Morgan fingerprint density at radius 1 is 1.47 bits per heavy atom. The number of thiazole rings is 1. The average molecular weight is 251 g/mol. The van der Waals surface area contributed by atoms with Crippen LogP contribution in [-0.2, 0) is 6.54 Å². The number of nitrogens with one attached hydrogen (secondary N) is 1. The molecule has 1 aromatic rings. The molecular formula is C13H21N3S. The average Bonchev–Trinajstić information content (AvgIpc) is 2.90. The Morgan fingerprint density at radius 2 is 2.35 bits per heavy atom. The molecule has 2 fully saturated rings.